The molecule has 0 saturated carbocycles. The van der Waals surface area contributed by atoms with E-state index in [4.69, 9.17) is 6.42 Å². The Morgan fingerprint density at radius 3 is 2.58 bits per heavy atom. The van der Waals surface area contributed by atoms with Gasteiger partial charge in [-0.15, -0.1) is 6.42 Å². The van der Waals surface area contributed by atoms with Crippen molar-refractivity contribution in [2.24, 2.45) is 0 Å². The smallest absolute Gasteiger partial charge is 0.298 e. The highest BCUT2D eigenvalue weighted by molar-refractivity contribution is 5.44. The fourth-order valence-electron chi connectivity index (χ4n) is 1.92. The number of hydrogen-bond acceptors (Lipinski definition) is 2. The summed E-state index contributed by atoms with van der Waals surface area (Å²) in [6, 6.07) is 5.63. The molecule has 2 rings (SSSR count). The third kappa shape index (κ3) is 2.23. The van der Waals surface area contributed by atoms with Crippen LogP contribution >= 0.6 is 0 Å². The molecule has 1 aromatic heterocycles. The SMILES string of the molecule is C#CCn1ccn(-c2cccc(C)c2C)c(=O)c1=O. The highest BCUT2D eigenvalue weighted by atomic mass is 16.2. The van der Waals surface area contributed by atoms with Gasteiger partial charge < -0.3 is 0 Å². The summed E-state index contributed by atoms with van der Waals surface area (Å²) >= 11 is 0. The van der Waals surface area contributed by atoms with E-state index in [1.165, 1.54) is 15.3 Å². The Labute approximate surface area is 110 Å². The molecule has 0 radical (unpaired) electrons. The Hall–Kier alpha value is -2.54. The van der Waals surface area contributed by atoms with E-state index in [1.807, 2.05) is 32.0 Å². The predicted molar refractivity (Wildman–Crippen MR) is 74.6 cm³/mol. The van der Waals surface area contributed by atoms with Gasteiger partial charge in [0, 0.05) is 12.4 Å². The molecule has 0 bridgehead atoms. The lowest BCUT2D eigenvalue weighted by Gasteiger charge is -2.11. The van der Waals surface area contributed by atoms with Crippen molar-refractivity contribution in [2.75, 3.05) is 0 Å². The van der Waals surface area contributed by atoms with Crippen molar-refractivity contribution in [1.29, 1.82) is 0 Å². The van der Waals surface area contributed by atoms with Crippen molar-refractivity contribution in [1.82, 2.24) is 9.13 Å². The first-order chi connectivity index (χ1) is 9.06. The fourth-order valence-corrected chi connectivity index (χ4v) is 1.92. The number of aryl methyl sites for hydroxylation is 1. The van der Waals surface area contributed by atoms with Crippen molar-refractivity contribution in [3.63, 3.8) is 0 Å². The van der Waals surface area contributed by atoms with E-state index >= 15 is 0 Å². The van der Waals surface area contributed by atoms with E-state index in [-0.39, 0.29) is 6.54 Å². The minimum atomic E-state index is -0.610. The molecule has 96 valence electrons. The quantitative estimate of drug-likeness (QED) is 0.598. The van der Waals surface area contributed by atoms with Gasteiger partial charge in [0.25, 0.3) is 0 Å². The van der Waals surface area contributed by atoms with Crippen molar-refractivity contribution >= 4 is 0 Å². The molecular weight excluding hydrogens is 240 g/mol. The van der Waals surface area contributed by atoms with Crippen LogP contribution < -0.4 is 11.1 Å². The molecule has 4 heteroatoms. The molecule has 19 heavy (non-hydrogen) atoms. The lowest BCUT2D eigenvalue weighted by atomic mass is 10.1. The molecule has 0 unspecified atom stereocenters. The van der Waals surface area contributed by atoms with Gasteiger partial charge in [0.15, 0.2) is 0 Å². The second-order valence-corrected chi connectivity index (χ2v) is 4.33. The topological polar surface area (TPSA) is 44.0 Å². The van der Waals surface area contributed by atoms with Crippen LogP contribution in [0.5, 0.6) is 0 Å². The normalized spacial score (nSPS) is 10.2. The average molecular weight is 254 g/mol. The Bertz CT molecular complexity index is 776. The molecule has 0 aliphatic carbocycles. The lowest BCUT2D eigenvalue weighted by Crippen LogP contribution is -2.40. The molecule has 0 aliphatic heterocycles. The van der Waals surface area contributed by atoms with Crippen molar-refractivity contribution in [3.05, 3.63) is 62.4 Å². The van der Waals surface area contributed by atoms with Crippen LogP contribution in [0.1, 0.15) is 11.1 Å². The maximum Gasteiger partial charge on any atom is 0.321 e. The van der Waals surface area contributed by atoms with Crippen LogP contribution in [0.15, 0.2) is 40.2 Å². The fraction of sp³-hybridized carbons (Fsp3) is 0.200. The monoisotopic (exact) mass is 254 g/mol. The molecule has 0 atom stereocenters. The van der Waals surface area contributed by atoms with Gasteiger partial charge >= 0.3 is 11.1 Å². The number of terminal acetylenes is 1. The van der Waals surface area contributed by atoms with Gasteiger partial charge in [-0.2, -0.15) is 0 Å². The molecule has 0 spiro atoms. The number of hydrogen-bond donors (Lipinski definition) is 0. The number of rotatable bonds is 2. The number of aromatic nitrogens is 2. The third-order valence-corrected chi connectivity index (χ3v) is 3.16. The molecule has 1 aromatic carbocycles. The molecule has 0 N–H and O–H groups in total. The maximum absolute atomic E-state index is 12.1. The van der Waals surface area contributed by atoms with Crippen molar-refractivity contribution < 1.29 is 0 Å². The van der Waals surface area contributed by atoms with Gasteiger partial charge in [0.05, 0.1) is 12.2 Å². The van der Waals surface area contributed by atoms with Crippen LogP contribution in [0, 0.1) is 26.2 Å². The molecule has 2 aromatic rings. The molecular formula is C15H14N2O2. The molecule has 0 saturated heterocycles. The van der Waals surface area contributed by atoms with Crippen LogP contribution in [0.2, 0.25) is 0 Å². The van der Waals surface area contributed by atoms with Crippen LogP contribution in [-0.4, -0.2) is 9.13 Å². The standard InChI is InChI=1S/C15H14N2O2/c1-4-8-16-9-10-17(15(19)14(16)18)13-7-5-6-11(2)12(13)3/h1,5-7,9-10H,8H2,2-3H3. The molecule has 4 nitrogen and oxygen atoms in total. The lowest BCUT2D eigenvalue weighted by molar-refractivity contribution is 0.743. The molecule has 1 heterocycles. The largest absolute Gasteiger partial charge is 0.321 e. The Morgan fingerprint density at radius 2 is 1.89 bits per heavy atom. The predicted octanol–water partition coefficient (Wildman–Crippen LogP) is 1.25. The van der Waals surface area contributed by atoms with Gasteiger partial charge in [0.2, 0.25) is 0 Å². The Balaban J connectivity index is 2.69. The minimum Gasteiger partial charge on any atom is -0.298 e. The van der Waals surface area contributed by atoms with Gasteiger partial charge in [-0.25, -0.2) is 0 Å². The average Bonchev–Trinajstić information content (AvgIpc) is 2.39. The minimum absolute atomic E-state index is 0.0989. The van der Waals surface area contributed by atoms with Gasteiger partial charge in [-0.3, -0.25) is 18.7 Å². The summed E-state index contributed by atoms with van der Waals surface area (Å²) in [5.41, 5.74) is 1.55. The van der Waals surface area contributed by atoms with Crippen LogP contribution in [0.4, 0.5) is 0 Å². The first-order valence-corrected chi connectivity index (χ1v) is 5.88. The summed E-state index contributed by atoms with van der Waals surface area (Å²) in [5, 5.41) is 0. The first kappa shape index (κ1) is 12.9. The summed E-state index contributed by atoms with van der Waals surface area (Å²) in [5.74, 6) is 2.35. The van der Waals surface area contributed by atoms with Gasteiger partial charge in [-0.1, -0.05) is 18.1 Å². The first-order valence-electron chi connectivity index (χ1n) is 5.88. The van der Waals surface area contributed by atoms with Gasteiger partial charge in [-0.05, 0) is 31.0 Å². The third-order valence-electron chi connectivity index (χ3n) is 3.16. The summed E-state index contributed by atoms with van der Waals surface area (Å²) < 4.78 is 2.58. The van der Waals surface area contributed by atoms with E-state index < -0.39 is 11.1 Å². The van der Waals surface area contributed by atoms with E-state index in [2.05, 4.69) is 5.92 Å². The molecule has 0 fully saturated rings. The number of nitrogens with zero attached hydrogens (tertiary/aromatic N) is 2. The Morgan fingerprint density at radius 1 is 1.16 bits per heavy atom. The highest BCUT2D eigenvalue weighted by Crippen LogP contribution is 2.15. The maximum atomic E-state index is 12.1. The van der Waals surface area contributed by atoms with E-state index in [0.717, 1.165) is 16.8 Å². The zero-order chi connectivity index (χ0) is 14.0. The van der Waals surface area contributed by atoms with E-state index in [1.54, 1.807) is 6.20 Å². The zero-order valence-electron chi connectivity index (χ0n) is 10.9. The highest BCUT2D eigenvalue weighted by Gasteiger charge is 2.08. The summed E-state index contributed by atoms with van der Waals surface area (Å²) in [4.78, 5) is 24.0. The molecule has 0 amide bonds. The van der Waals surface area contributed by atoms with Crippen LogP contribution in [-0.2, 0) is 6.54 Å². The number of benzene rings is 1. The van der Waals surface area contributed by atoms with Crippen molar-refractivity contribution in [2.45, 2.75) is 20.4 Å². The van der Waals surface area contributed by atoms with Crippen LogP contribution in [0.25, 0.3) is 5.69 Å². The van der Waals surface area contributed by atoms with Crippen LogP contribution in [0.3, 0.4) is 0 Å². The van der Waals surface area contributed by atoms with E-state index in [0.29, 0.717) is 0 Å². The summed E-state index contributed by atoms with van der Waals surface area (Å²) in [6.07, 6.45) is 8.26. The zero-order valence-corrected chi connectivity index (χ0v) is 10.9. The second kappa shape index (κ2) is 4.99. The van der Waals surface area contributed by atoms with Crippen molar-refractivity contribution in [3.8, 4) is 18.0 Å². The Kier molecular flexibility index (Phi) is 3.39. The second-order valence-electron chi connectivity index (χ2n) is 4.33. The van der Waals surface area contributed by atoms with Gasteiger partial charge in [0.1, 0.15) is 0 Å². The summed E-state index contributed by atoms with van der Waals surface area (Å²) in [7, 11) is 0. The summed E-state index contributed by atoms with van der Waals surface area (Å²) in [6.45, 7) is 3.98. The van der Waals surface area contributed by atoms with E-state index in [9.17, 15) is 9.59 Å². The molecule has 0 aliphatic rings.